The number of nitrogens with zero attached hydrogens (tertiary/aromatic N) is 2. The van der Waals surface area contributed by atoms with Gasteiger partial charge in [0.1, 0.15) is 6.04 Å². The van der Waals surface area contributed by atoms with Gasteiger partial charge in [-0.2, -0.15) is 0 Å². The lowest BCUT2D eigenvalue weighted by Crippen LogP contribution is -2.58. The fraction of sp³-hybridized carbons (Fsp3) is 0.905. The molecule has 4 saturated carbocycles. The van der Waals surface area contributed by atoms with Crippen molar-refractivity contribution in [2.45, 2.75) is 76.4 Å². The second-order valence-electron chi connectivity index (χ2n) is 9.91. The minimum absolute atomic E-state index is 0.132. The number of aliphatic hydroxyl groups is 1. The van der Waals surface area contributed by atoms with Crippen molar-refractivity contribution in [1.29, 1.82) is 0 Å². The second kappa shape index (κ2) is 6.22. The van der Waals surface area contributed by atoms with E-state index in [2.05, 4.69) is 0 Å². The van der Waals surface area contributed by atoms with Gasteiger partial charge < -0.3 is 14.9 Å². The van der Waals surface area contributed by atoms with E-state index in [1.807, 2.05) is 9.80 Å². The Bertz CT molecular complexity index is 561. The van der Waals surface area contributed by atoms with E-state index in [0.717, 1.165) is 56.4 Å². The lowest BCUT2D eigenvalue weighted by molar-refractivity contribution is -0.162. The molecule has 6 fully saturated rings. The molecular formula is C21H32N2O3. The lowest BCUT2D eigenvalue weighted by atomic mass is 9.49. The number of carbonyl (C=O) groups is 2. The molecule has 2 saturated heterocycles. The molecule has 2 heterocycles. The van der Waals surface area contributed by atoms with Gasteiger partial charge in [0.15, 0.2) is 0 Å². The standard InChI is InChI=1S/C21H32N2O3/c24-17-3-6-22(7-4-17)19(25)18-2-1-5-23(18)20(26)21-11-14-8-15(12-21)10-16(9-14)13-21/h14-18,24H,1-13H2. The Hall–Kier alpha value is -1.10. The third-order valence-corrected chi connectivity index (χ3v) is 8.07. The van der Waals surface area contributed by atoms with Crippen molar-refractivity contribution in [2.75, 3.05) is 19.6 Å². The van der Waals surface area contributed by atoms with E-state index in [4.69, 9.17) is 0 Å². The summed E-state index contributed by atoms with van der Waals surface area (Å²) >= 11 is 0. The molecule has 26 heavy (non-hydrogen) atoms. The van der Waals surface area contributed by atoms with Gasteiger partial charge in [0.05, 0.1) is 11.5 Å². The molecule has 1 N–H and O–H groups in total. The number of hydrogen-bond donors (Lipinski definition) is 1. The summed E-state index contributed by atoms with van der Waals surface area (Å²) in [5, 5.41) is 9.71. The Morgan fingerprint density at radius 1 is 0.846 bits per heavy atom. The summed E-state index contributed by atoms with van der Waals surface area (Å²) in [5.41, 5.74) is -0.143. The Labute approximate surface area is 156 Å². The molecule has 0 radical (unpaired) electrons. The van der Waals surface area contributed by atoms with E-state index >= 15 is 0 Å². The molecule has 2 aliphatic heterocycles. The van der Waals surface area contributed by atoms with Gasteiger partial charge in [-0.25, -0.2) is 0 Å². The zero-order chi connectivity index (χ0) is 17.9. The van der Waals surface area contributed by atoms with E-state index in [0.29, 0.717) is 31.8 Å². The summed E-state index contributed by atoms with van der Waals surface area (Å²) in [7, 11) is 0. The first kappa shape index (κ1) is 17.0. The molecular weight excluding hydrogens is 328 g/mol. The van der Waals surface area contributed by atoms with Crippen molar-refractivity contribution in [2.24, 2.45) is 23.2 Å². The zero-order valence-corrected chi connectivity index (χ0v) is 15.7. The molecule has 144 valence electrons. The molecule has 4 bridgehead atoms. The maximum absolute atomic E-state index is 13.7. The highest BCUT2D eigenvalue weighted by atomic mass is 16.3. The average Bonchev–Trinajstić information content (AvgIpc) is 3.09. The smallest absolute Gasteiger partial charge is 0.245 e. The summed E-state index contributed by atoms with van der Waals surface area (Å²) < 4.78 is 0. The average molecular weight is 360 g/mol. The minimum atomic E-state index is -0.271. The Balaban J connectivity index is 1.32. The molecule has 6 aliphatic rings. The summed E-state index contributed by atoms with van der Waals surface area (Å²) in [6.07, 6.45) is 10.1. The molecule has 2 amide bonds. The molecule has 0 aromatic heterocycles. The Morgan fingerprint density at radius 3 is 2.00 bits per heavy atom. The van der Waals surface area contributed by atoms with E-state index < -0.39 is 0 Å². The summed E-state index contributed by atoms with van der Waals surface area (Å²) in [6, 6.07) is -0.245. The third kappa shape index (κ3) is 2.69. The van der Waals surface area contributed by atoms with Gasteiger partial charge in [-0.1, -0.05) is 0 Å². The van der Waals surface area contributed by atoms with E-state index in [-0.39, 0.29) is 23.5 Å². The van der Waals surface area contributed by atoms with Crippen LogP contribution in [0.4, 0.5) is 0 Å². The highest BCUT2D eigenvalue weighted by molar-refractivity contribution is 5.91. The summed E-state index contributed by atoms with van der Waals surface area (Å²) in [6.45, 7) is 2.03. The number of hydrogen-bond acceptors (Lipinski definition) is 3. The highest BCUT2D eigenvalue weighted by Crippen LogP contribution is 2.60. The topological polar surface area (TPSA) is 60.9 Å². The number of piperidine rings is 1. The van der Waals surface area contributed by atoms with Gasteiger partial charge in [0.2, 0.25) is 11.8 Å². The first-order valence-corrected chi connectivity index (χ1v) is 10.8. The lowest BCUT2D eigenvalue weighted by Gasteiger charge is -2.56. The molecule has 4 aliphatic carbocycles. The van der Waals surface area contributed by atoms with Gasteiger partial charge in [0, 0.05) is 19.6 Å². The van der Waals surface area contributed by atoms with E-state index in [1.54, 1.807) is 0 Å². The van der Waals surface area contributed by atoms with Crippen LogP contribution in [0.15, 0.2) is 0 Å². The zero-order valence-electron chi connectivity index (χ0n) is 15.7. The molecule has 1 unspecified atom stereocenters. The van der Waals surface area contributed by atoms with E-state index in [1.165, 1.54) is 19.3 Å². The second-order valence-corrected chi connectivity index (χ2v) is 9.91. The van der Waals surface area contributed by atoms with Crippen molar-refractivity contribution >= 4 is 11.8 Å². The van der Waals surface area contributed by atoms with Crippen LogP contribution in [0.3, 0.4) is 0 Å². The number of carbonyl (C=O) groups excluding carboxylic acids is 2. The maximum Gasteiger partial charge on any atom is 0.245 e. The largest absolute Gasteiger partial charge is 0.393 e. The SMILES string of the molecule is O=C(C1CCCN1C(=O)C12CC3CC(CC(C3)C1)C2)N1CCC(O)CC1. The van der Waals surface area contributed by atoms with Crippen LogP contribution in [0.1, 0.15) is 64.2 Å². The molecule has 0 aromatic carbocycles. The molecule has 5 nitrogen and oxygen atoms in total. The normalized spacial score (nSPS) is 42.5. The van der Waals surface area contributed by atoms with Crippen molar-refractivity contribution in [3.63, 3.8) is 0 Å². The van der Waals surface area contributed by atoms with Gasteiger partial charge in [0.25, 0.3) is 0 Å². The summed E-state index contributed by atoms with van der Waals surface area (Å²) in [4.78, 5) is 30.6. The van der Waals surface area contributed by atoms with E-state index in [9.17, 15) is 14.7 Å². The molecule has 5 heteroatoms. The number of likely N-dealkylation sites (tertiary alicyclic amines) is 2. The van der Waals surface area contributed by atoms with Crippen molar-refractivity contribution < 1.29 is 14.7 Å². The molecule has 0 spiro atoms. The molecule has 6 rings (SSSR count). The Kier molecular flexibility index (Phi) is 4.07. The van der Waals surface area contributed by atoms with Crippen LogP contribution in [0.5, 0.6) is 0 Å². The predicted molar refractivity (Wildman–Crippen MR) is 97.2 cm³/mol. The fourth-order valence-corrected chi connectivity index (χ4v) is 7.24. The van der Waals surface area contributed by atoms with Crippen LogP contribution in [0, 0.1) is 23.2 Å². The predicted octanol–water partition coefficient (Wildman–Crippen LogP) is 2.18. The first-order chi connectivity index (χ1) is 12.5. The van der Waals surface area contributed by atoms with Crippen LogP contribution >= 0.6 is 0 Å². The molecule has 0 aromatic rings. The highest BCUT2D eigenvalue weighted by Gasteiger charge is 2.57. The Morgan fingerprint density at radius 2 is 1.42 bits per heavy atom. The fourth-order valence-electron chi connectivity index (χ4n) is 7.24. The number of rotatable bonds is 2. The van der Waals surface area contributed by atoms with Crippen molar-refractivity contribution in [3.8, 4) is 0 Å². The van der Waals surface area contributed by atoms with Crippen molar-refractivity contribution in [3.05, 3.63) is 0 Å². The number of amides is 2. The van der Waals surface area contributed by atoms with Crippen LogP contribution in [0.2, 0.25) is 0 Å². The minimum Gasteiger partial charge on any atom is -0.393 e. The van der Waals surface area contributed by atoms with Gasteiger partial charge in [-0.3, -0.25) is 9.59 Å². The van der Waals surface area contributed by atoms with Crippen molar-refractivity contribution in [1.82, 2.24) is 9.80 Å². The van der Waals surface area contributed by atoms with Gasteiger partial charge in [-0.15, -0.1) is 0 Å². The number of aliphatic hydroxyl groups excluding tert-OH is 1. The summed E-state index contributed by atoms with van der Waals surface area (Å²) in [5.74, 6) is 2.71. The first-order valence-electron chi connectivity index (χ1n) is 10.8. The van der Waals surface area contributed by atoms with Gasteiger partial charge >= 0.3 is 0 Å². The van der Waals surface area contributed by atoms with Gasteiger partial charge in [-0.05, 0) is 82.0 Å². The quantitative estimate of drug-likeness (QED) is 0.821. The van der Waals surface area contributed by atoms with Crippen LogP contribution in [-0.2, 0) is 9.59 Å². The monoisotopic (exact) mass is 360 g/mol. The van der Waals surface area contributed by atoms with Crippen LogP contribution in [-0.4, -0.2) is 58.5 Å². The van der Waals surface area contributed by atoms with Crippen LogP contribution in [0.25, 0.3) is 0 Å². The third-order valence-electron chi connectivity index (χ3n) is 8.07. The maximum atomic E-state index is 13.7. The molecule has 1 atom stereocenters. The van der Waals surface area contributed by atoms with Crippen LogP contribution < -0.4 is 0 Å².